The SMILES string of the molecule is CCC(C)(C#N)NC(=O)c1csc2ccccc12. The molecule has 1 heterocycles. The van der Waals surface area contributed by atoms with Gasteiger partial charge in [-0.1, -0.05) is 25.1 Å². The lowest BCUT2D eigenvalue weighted by atomic mass is 10.0. The van der Waals surface area contributed by atoms with Crippen molar-refractivity contribution in [1.29, 1.82) is 5.26 Å². The number of fused-ring (bicyclic) bond motifs is 1. The molecule has 0 bridgehead atoms. The molecule has 2 aromatic rings. The van der Waals surface area contributed by atoms with Crippen molar-refractivity contribution in [2.24, 2.45) is 0 Å². The number of hydrogen-bond acceptors (Lipinski definition) is 3. The molecule has 0 fully saturated rings. The van der Waals surface area contributed by atoms with E-state index in [1.54, 1.807) is 6.92 Å². The Bertz CT molecular complexity index is 626. The highest BCUT2D eigenvalue weighted by atomic mass is 32.1. The highest BCUT2D eigenvalue weighted by molar-refractivity contribution is 7.17. The molecule has 1 atom stereocenters. The molecule has 0 saturated carbocycles. The van der Waals surface area contributed by atoms with E-state index >= 15 is 0 Å². The largest absolute Gasteiger partial charge is 0.334 e. The molecule has 92 valence electrons. The van der Waals surface area contributed by atoms with Crippen molar-refractivity contribution in [3.05, 3.63) is 35.2 Å². The zero-order chi connectivity index (χ0) is 13.2. The molecular weight excluding hydrogens is 244 g/mol. The molecule has 0 aliphatic heterocycles. The normalized spacial score (nSPS) is 13.8. The van der Waals surface area contributed by atoms with Crippen LogP contribution in [0, 0.1) is 11.3 Å². The van der Waals surface area contributed by atoms with Crippen LogP contribution in [-0.2, 0) is 0 Å². The van der Waals surface area contributed by atoms with E-state index in [1.165, 1.54) is 11.3 Å². The van der Waals surface area contributed by atoms with Crippen molar-refractivity contribution < 1.29 is 4.79 Å². The van der Waals surface area contributed by atoms with Gasteiger partial charge in [-0.2, -0.15) is 5.26 Å². The summed E-state index contributed by atoms with van der Waals surface area (Å²) in [6.45, 7) is 3.62. The average molecular weight is 258 g/mol. The third-order valence-corrected chi connectivity index (χ3v) is 4.03. The lowest BCUT2D eigenvalue weighted by Gasteiger charge is -2.20. The van der Waals surface area contributed by atoms with Crippen LogP contribution in [0.1, 0.15) is 30.6 Å². The number of thiophene rings is 1. The summed E-state index contributed by atoms with van der Waals surface area (Å²) >= 11 is 1.54. The maximum absolute atomic E-state index is 12.2. The quantitative estimate of drug-likeness (QED) is 0.918. The molecule has 1 N–H and O–H groups in total. The molecular formula is C14H14N2OS. The molecule has 1 aromatic carbocycles. The summed E-state index contributed by atoms with van der Waals surface area (Å²) in [4.78, 5) is 12.2. The molecule has 18 heavy (non-hydrogen) atoms. The van der Waals surface area contributed by atoms with Crippen molar-refractivity contribution >= 4 is 27.3 Å². The van der Waals surface area contributed by atoms with E-state index in [0.29, 0.717) is 12.0 Å². The number of nitrogens with one attached hydrogen (secondary N) is 1. The minimum absolute atomic E-state index is 0.182. The second-order valence-electron chi connectivity index (χ2n) is 4.40. The number of carbonyl (C=O) groups excluding carboxylic acids is 1. The van der Waals surface area contributed by atoms with Crippen molar-refractivity contribution in [3.8, 4) is 6.07 Å². The van der Waals surface area contributed by atoms with Gasteiger partial charge in [0.2, 0.25) is 0 Å². The minimum Gasteiger partial charge on any atom is -0.334 e. The van der Waals surface area contributed by atoms with E-state index in [-0.39, 0.29) is 5.91 Å². The van der Waals surface area contributed by atoms with E-state index in [4.69, 9.17) is 5.26 Å². The van der Waals surface area contributed by atoms with Crippen LogP contribution >= 0.6 is 11.3 Å². The van der Waals surface area contributed by atoms with Gasteiger partial charge in [-0.3, -0.25) is 4.79 Å². The summed E-state index contributed by atoms with van der Waals surface area (Å²) in [7, 11) is 0. The molecule has 0 aliphatic rings. The monoisotopic (exact) mass is 258 g/mol. The van der Waals surface area contributed by atoms with Crippen molar-refractivity contribution in [3.63, 3.8) is 0 Å². The van der Waals surface area contributed by atoms with Gasteiger partial charge in [0.05, 0.1) is 11.6 Å². The van der Waals surface area contributed by atoms with E-state index in [1.807, 2.05) is 36.6 Å². The number of rotatable bonds is 3. The fourth-order valence-corrected chi connectivity index (χ4v) is 2.61. The van der Waals surface area contributed by atoms with E-state index in [9.17, 15) is 4.79 Å². The van der Waals surface area contributed by atoms with Crippen LogP contribution in [0.5, 0.6) is 0 Å². The Labute approximate surface area is 110 Å². The summed E-state index contributed by atoms with van der Waals surface area (Å²) in [5.74, 6) is -0.182. The lowest BCUT2D eigenvalue weighted by molar-refractivity contribution is 0.0925. The van der Waals surface area contributed by atoms with Gasteiger partial charge < -0.3 is 5.32 Å². The fourth-order valence-electron chi connectivity index (χ4n) is 1.67. The first-order valence-corrected chi connectivity index (χ1v) is 6.67. The molecule has 3 nitrogen and oxygen atoms in total. The predicted octanol–water partition coefficient (Wildman–Crippen LogP) is 3.32. The van der Waals surface area contributed by atoms with Crippen molar-refractivity contribution in [1.82, 2.24) is 5.32 Å². The highest BCUT2D eigenvalue weighted by Crippen LogP contribution is 2.26. The lowest BCUT2D eigenvalue weighted by Crippen LogP contribution is -2.44. The standard InChI is InChI=1S/C14H14N2OS/c1-3-14(2,9-15)16-13(17)11-8-18-12-7-5-4-6-10(11)12/h4-8H,3H2,1-2H3,(H,16,17). The molecule has 0 radical (unpaired) electrons. The Morgan fingerprint density at radius 2 is 2.22 bits per heavy atom. The number of carbonyl (C=O) groups is 1. The Kier molecular flexibility index (Phi) is 3.35. The van der Waals surface area contributed by atoms with Gasteiger partial charge in [-0.15, -0.1) is 11.3 Å². The first-order valence-electron chi connectivity index (χ1n) is 5.79. The molecule has 0 aliphatic carbocycles. The van der Waals surface area contributed by atoms with Crippen LogP contribution in [0.25, 0.3) is 10.1 Å². The number of hydrogen-bond donors (Lipinski definition) is 1. The number of benzene rings is 1. The van der Waals surface area contributed by atoms with Gasteiger partial charge >= 0.3 is 0 Å². The molecule has 2 rings (SSSR count). The van der Waals surface area contributed by atoms with Crippen molar-refractivity contribution in [2.45, 2.75) is 25.8 Å². The van der Waals surface area contributed by atoms with E-state index < -0.39 is 5.54 Å². The van der Waals surface area contributed by atoms with Crippen molar-refractivity contribution in [2.75, 3.05) is 0 Å². The first-order chi connectivity index (χ1) is 8.59. The molecule has 0 spiro atoms. The molecule has 0 saturated heterocycles. The van der Waals surface area contributed by atoms with Crippen LogP contribution in [0.15, 0.2) is 29.6 Å². The topological polar surface area (TPSA) is 52.9 Å². The zero-order valence-electron chi connectivity index (χ0n) is 10.4. The second kappa shape index (κ2) is 4.79. The minimum atomic E-state index is -0.805. The number of nitriles is 1. The smallest absolute Gasteiger partial charge is 0.253 e. The van der Waals surface area contributed by atoms with Gasteiger partial charge in [-0.25, -0.2) is 0 Å². The van der Waals surface area contributed by atoms with Crippen LogP contribution in [0.4, 0.5) is 0 Å². The first kappa shape index (κ1) is 12.6. The molecule has 1 unspecified atom stereocenters. The van der Waals surface area contributed by atoms with E-state index in [2.05, 4.69) is 11.4 Å². The summed E-state index contributed by atoms with van der Waals surface area (Å²) in [6.07, 6.45) is 0.581. The third kappa shape index (κ3) is 2.22. The van der Waals surface area contributed by atoms with Gasteiger partial charge in [0.25, 0.3) is 5.91 Å². The van der Waals surface area contributed by atoms with E-state index in [0.717, 1.165) is 10.1 Å². The van der Waals surface area contributed by atoms with Gasteiger partial charge in [0.15, 0.2) is 0 Å². The zero-order valence-corrected chi connectivity index (χ0v) is 11.2. The summed E-state index contributed by atoms with van der Waals surface area (Å²) in [5.41, 5.74) is -0.161. The summed E-state index contributed by atoms with van der Waals surface area (Å²) in [6, 6.07) is 9.92. The Morgan fingerprint density at radius 3 is 2.89 bits per heavy atom. The summed E-state index contributed by atoms with van der Waals surface area (Å²) < 4.78 is 1.08. The molecule has 1 amide bonds. The summed E-state index contributed by atoms with van der Waals surface area (Å²) in [5, 5.41) is 14.7. The maximum Gasteiger partial charge on any atom is 0.253 e. The van der Waals surface area contributed by atoms with Crippen LogP contribution in [-0.4, -0.2) is 11.4 Å². The maximum atomic E-state index is 12.2. The van der Waals surface area contributed by atoms with Crippen LogP contribution in [0.2, 0.25) is 0 Å². The van der Waals surface area contributed by atoms with Gasteiger partial charge in [0.1, 0.15) is 5.54 Å². The Morgan fingerprint density at radius 1 is 1.50 bits per heavy atom. The van der Waals surface area contributed by atoms with Crippen LogP contribution < -0.4 is 5.32 Å². The Hall–Kier alpha value is -1.86. The average Bonchev–Trinajstić information content (AvgIpc) is 2.82. The molecule has 1 aromatic heterocycles. The Balaban J connectivity index is 2.33. The molecule has 4 heteroatoms. The predicted molar refractivity (Wildman–Crippen MR) is 73.6 cm³/mol. The fraction of sp³-hybridized carbons (Fsp3) is 0.286. The number of amides is 1. The van der Waals surface area contributed by atoms with Gasteiger partial charge in [0, 0.05) is 15.5 Å². The van der Waals surface area contributed by atoms with Crippen LogP contribution in [0.3, 0.4) is 0 Å². The highest BCUT2D eigenvalue weighted by Gasteiger charge is 2.25. The van der Waals surface area contributed by atoms with Gasteiger partial charge in [-0.05, 0) is 19.4 Å². The number of nitrogens with zero attached hydrogens (tertiary/aromatic N) is 1. The third-order valence-electron chi connectivity index (χ3n) is 3.07. The second-order valence-corrected chi connectivity index (χ2v) is 5.31.